The van der Waals surface area contributed by atoms with E-state index in [0.717, 1.165) is 12.1 Å². The Kier molecular flexibility index (Phi) is 4.81. The van der Waals surface area contributed by atoms with Crippen molar-refractivity contribution in [2.45, 2.75) is 18.9 Å². The van der Waals surface area contributed by atoms with Crippen molar-refractivity contribution >= 4 is 0 Å². The van der Waals surface area contributed by atoms with Gasteiger partial charge in [-0.2, -0.15) is 5.10 Å². The second kappa shape index (κ2) is 7.40. The molecule has 0 N–H and O–H groups in total. The van der Waals surface area contributed by atoms with Gasteiger partial charge in [-0.25, -0.2) is 8.78 Å². The van der Waals surface area contributed by atoms with E-state index in [-0.39, 0.29) is 23.4 Å². The van der Waals surface area contributed by atoms with Crippen LogP contribution >= 0.6 is 0 Å². The van der Waals surface area contributed by atoms with Crippen molar-refractivity contribution < 1.29 is 13.5 Å². The van der Waals surface area contributed by atoms with Gasteiger partial charge in [0.2, 0.25) is 5.88 Å². The lowest BCUT2D eigenvalue weighted by Gasteiger charge is -2.20. The van der Waals surface area contributed by atoms with Gasteiger partial charge in [0.05, 0.1) is 0 Å². The number of hydrogen-bond donors (Lipinski definition) is 0. The molecule has 3 aromatic rings. The van der Waals surface area contributed by atoms with Crippen molar-refractivity contribution in [3.8, 4) is 11.6 Å². The lowest BCUT2D eigenvalue weighted by molar-refractivity contribution is 0.321. The Labute approximate surface area is 156 Å². The molecule has 27 heavy (non-hydrogen) atoms. The number of hydrogen-bond acceptors (Lipinski definition) is 4. The van der Waals surface area contributed by atoms with Crippen LogP contribution in [0.2, 0.25) is 0 Å². The number of ether oxygens (including phenoxy) is 1. The number of benzene rings is 2. The van der Waals surface area contributed by atoms with Gasteiger partial charge in [-0.05, 0) is 49.3 Å². The van der Waals surface area contributed by atoms with Crippen molar-refractivity contribution in [1.82, 2.24) is 15.1 Å². The third kappa shape index (κ3) is 3.53. The molecule has 1 aliphatic rings. The molecule has 0 aliphatic carbocycles. The number of nitrogens with zero attached hydrogens (tertiary/aromatic N) is 3. The van der Waals surface area contributed by atoms with Gasteiger partial charge in [0.15, 0.2) is 11.6 Å². The van der Waals surface area contributed by atoms with Crippen molar-refractivity contribution in [3.05, 3.63) is 83.1 Å². The molecule has 4 rings (SSSR count). The molecule has 2 aromatic carbocycles. The van der Waals surface area contributed by atoms with Crippen LogP contribution in [0.4, 0.5) is 8.78 Å². The molecule has 1 aliphatic heterocycles. The molecule has 138 valence electrons. The highest BCUT2D eigenvalue weighted by Crippen LogP contribution is 2.38. The minimum Gasteiger partial charge on any atom is -0.434 e. The van der Waals surface area contributed by atoms with E-state index >= 15 is 4.39 Å². The summed E-state index contributed by atoms with van der Waals surface area (Å²) in [4.78, 5) is 2.04. The topological polar surface area (TPSA) is 38.2 Å². The maximum atomic E-state index is 15.3. The molecule has 2 heterocycles. The fourth-order valence-corrected chi connectivity index (χ4v) is 3.57. The summed E-state index contributed by atoms with van der Waals surface area (Å²) in [5.41, 5.74) is 1.93. The van der Waals surface area contributed by atoms with Crippen LogP contribution in [-0.2, 0) is 6.54 Å². The summed E-state index contributed by atoms with van der Waals surface area (Å²) < 4.78 is 35.3. The van der Waals surface area contributed by atoms with Crippen molar-refractivity contribution in [1.29, 1.82) is 0 Å². The quantitative estimate of drug-likeness (QED) is 0.682. The molecule has 0 saturated carbocycles. The molecule has 1 atom stereocenters. The highest BCUT2D eigenvalue weighted by atomic mass is 19.1. The Morgan fingerprint density at radius 3 is 2.67 bits per heavy atom. The number of fused-ring (bicyclic) bond motifs is 1. The molecule has 0 saturated heterocycles. The molecule has 0 radical (unpaired) electrons. The van der Waals surface area contributed by atoms with E-state index in [1.54, 1.807) is 30.3 Å². The Hall–Kier alpha value is -2.86. The van der Waals surface area contributed by atoms with Crippen LogP contribution in [0.5, 0.6) is 11.6 Å². The monoisotopic (exact) mass is 367 g/mol. The molecule has 1 unspecified atom stereocenters. The number of halogens is 2. The molecule has 0 fully saturated rings. The average molecular weight is 367 g/mol. The first-order chi connectivity index (χ1) is 13.1. The minimum absolute atomic E-state index is 0.0943. The van der Waals surface area contributed by atoms with E-state index in [1.165, 1.54) is 12.3 Å². The number of aromatic nitrogens is 2. The van der Waals surface area contributed by atoms with Crippen LogP contribution in [0.15, 0.2) is 54.7 Å². The highest BCUT2D eigenvalue weighted by Gasteiger charge is 2.28. The SMILES string of the molecule is CN1CCC(c2ccccc2F)c2ccc(Oc3cccnn3)c(F)c2C1. The lowest BCUT2D eigenvalue weighted by Crippen LogP contribution is -2.18. The number of rotatable bonds is 3. The molecule has 0 amide bonds. The van der Waals surface area contributed by atoms with E-state index in [1.807, 2.05) is 24.1 Å². The van der Waals surface area contributed by atoms with Gasteiger partial charge in [0.25, 0.3) is 0 Å². The summed E-state index contributed by atoms with van der Waals surface area (Å²) in [6, 6.07) is 13.4. The summed E-state index contributed by atoms with van der Waals surface area (Å²) in [7, 11) is 1.93. The zero-order valence-electron chi connectivity index (χ0n) is 14.9. The Morgan fingerprint density at radius 2 is 1.89 bits per heavy atom. The van der Waals surface area contributed by atoms with E-state index in [2.05, 4.69) is 10.2 Å². The predicted molar refractivity (Wildman–Crippen MR) is 97.7 cm³/mol. The first kappa shape index (κ1) is 17.5. The fraction of sp³-hybridized carbons (Fsp3) is 0.238. The lowest BCUT2D eigenvalue weighted by atomic mass is 9.86. The second-order valence-corrected chi connectivity index (χ2v) is 6.71. The van der Waals surface area contributed by atoms with Gasteiger partial charge in [0, 0.05) is 30.3 Å². The minimum atomic E-state index is -0.437. The normalized spacial score (nSPS) is 17.2. The Morgan fingerprint density at radius 1 is 1.04 bits per heavy atom. The van der Waals surface area contributed by atoms with E-state index in [9.17, 15) is 4.39 Å². The highest BCUT2D eigenvalue weighted by molar-refractivity contribution is 5.45. The molecular formula is C21H19F2N3O. The van der Waals surface area contributed by atoms with Crippen LogP contribution < -0.4 is 4.74 Å². The summed E-state index contributed by atoms with van der Waals surface area (Å²) in [5.74, 6) is -0.585. The van der Waals surface area contributed by atoms with Crippen LogP contribution in [0.3, 0.4) is 0 Å². The Bertz CT molecular complexity index is 949. The van der Waals surface area contributed by atoms with Gasteiger partial charge in [0.1, 0.15) is 5.82 Å². The first-order valence-corrected chi connectivity index (χ1v) is 8.83. The molecular weight excluding hydrogens is 348 g/mol. The average Bonchev–Trinajstić information content (AvgIpc) is 2.85. The van der Waals surface area contributed by atoms with Gasteiger partial charge in [-0.1, -0.05) is 24.3 Å². The molecule has 0 spiro atoms. The van der Waals surface area contributed by atoms with E-state index in [4.69, 9.17) is 4.74 Å². The summed E-state index contributed by atoms with van der Waals surface area (Å²) in [5, 5.41) is 7.58. The van der Waals surface area contributed by atoms with Gasteiger partial charge >= 0.3 is 0 Å². The zero-order valence-corrected chi connectivity index (χ0v) is 14.9. The van der Waals surface area contributed by atoms with Crippen molar-refractivity contribution in [2.75, 3.05) is 13.6 Å². The van der Waals surface area contributed by atoms with Crippen LogP contribution in [0.1, 0.15) is 29.0 Å². The smallest absolute Gasteiger partial charge is 0.238 e. The fourth-order valence-electron chi connectivity index (χ4n) is 3.57. The molecule has 6 heteroatoms. The maximum Gasteiger partial charge on any atom is 0.238 e. The van der Waals surface area contributed by atoms with Gasteiger partial charge in [-0.15, -0.1) is 5.10 Å². The van der Waals surface area contributed by atoms with E-state index < -0.39 is 5.82 Å². The molecule has 1 aromatic heterocycles. The van der Waals surface area contributed by atoms with Gasteiger partial charge < -0.3 is 9.64 Å². The van der Waals surface area contributed by atoms with Crippen LogP contribution in [-0.4, -0.2) is 28.7 Å². The molecule has 4 nitrogen and oxygen atoms in total. The largest absolute Gasteiger partial charge is 0.434 e. The van der Waals surface area contributed by atoms with Crippen molar-refractivity contribution in [2.24, 2.45) is 0 Å². The summed E-state index contributed by atoms with van der Waals surface area (Å²) in [6.07, 6.45) is 2.24. The van der Waals surface area contributed by atoms with Crippen LogP contribution in [0, 0.1) is 11.6 Å². The van der Waals surface area contributed by atoms with Crippen LogP contribution in [0.25, 0.3) is 0 Å². The standard InChI is InChI=1S/C21H19F2N3O/c1-26-12-10-15(16-5-2-3-6-18(16)22)14-8-9-19(21(23)17(14)13-26)27-20-7-4-11-24-25-20/h2-9,11,15H,10,12-13H2,1H3. The second-order valence-electron chi connectivity index (χ2n) is 6.71. The summed E-state index contributed by atoms with van der Waals surface area (Å²) in [6.45, 7) is 1.18. The first-order valence-electron chi connectivity index (χ1n) is 8.83. The third-order valence-electron chi connectivity index (χ3n) is 4.89. The third-order valence-corrected chi connectivity index (χ3v) is 4.89. The maximum absolute atomic E-state index is 15.3. The Balaban J connectivity index is 1.78. The van der Waals surface area contributed by atoms with Gasteiger partial charge in [-0.3, -0.25) is 0 Å². The predicted octanol–water partition coefficient (Wildman–Crippen LogP) is 4.51. The molecule has 0 bridgehead atoms. The van der Waals surface area contributed by atoms with Crippen molar-refractivity contribution in [3.63, 3.8) is 0 Å². The summed E-state index contributed by atoms with van der Waals surface area (Å²) >= 11 is 0. The zero-order chi connectivity index (χ0) is 18.8. The van der Waals surface area contributed by atoms with E-state index in [0.29, 0.717) is 24.1 Å².